The second-order valence-electron chi connectivity index (χ2n) is 9.35. The Hall–Kier alpha value is -3.81. The molecule has 0 saturated heterocycles. The molecule has 8 nitrogen and oxygen atoms in total. The third-order valence-electron chi connectivity index (χ3n) is 7.00. The molecule has 2 aliphatic carbocycles. The Morgan fingerprint density at radius 2 is 1.56 bits per heavy atom. The highest BCUT2D eigenvalue weighted by molar-refractivity contribution is 5.81. The lowest BCUT2D eigenvalue weighted by molar-refractivity contribution is -0.139. The van der Waals surface area contributed by atoms with E-state index in [1.165, 1.54) is 6.08 Å². The number of amides is 2. The van der Waals surface area contributed by atoms with E-state index in [0.717, 1.165) is 47.9 Å². The van der Waals surface area contributed by atoms with Crippen molar-refractivity contribution in [2.45, 2.75) is 50.1 Å². The summed E-state index contributed by atoms with van der Waals surface area (Å²) in [6.45, 7) is 3.79. The summed E-state index contributed by atoms with van der Waals surface area (Å²) in [5, 5.41) is 15.1. The number of hydrogen-bond acceptors (Lipinski definition) is 5. The quantitative estimate of drug-likeness (QED) is 0.432. The molecule has 0 aliphatic heterocycles. The summed E-state index contributed by atoms with van der Waals surface area (Å²) in [7, 11) is 0. The fourth-order valence-corrected chi connectivity index (χ4v) is 5.22. The van der Waals surface area contributed by atoms with Crippen LogP contribution in [-0.2, 0) is 14.3 Å². The van der Waals surface area contributed by atoms with Crippen molar-refractivity contribution in [3.63, 3.8) is 0 Å². The second-order valence-corrected chi connectivity index (χ2v) is 9.35. The first-order valence-electron chi connectivity index (χ1n) is 12.3. The molecule has 36 heavy (non-hydrogen) atoms. The van der Waals surface area contributed by atoms with Crippen molar-refractivity contribution in [3.05, 3.63) is 72.3 Å². The van der Waals surface area contributed by atoms with E-state index in [-0.39, 0.29) is 31.1 Å². The number of carboxylic acid groups (broad SMARTS) is 1. The van der Waals surface area contributed by atoms with Crippen molar-refractivity contribution < 1.29 is 29.0 Å². The monoisotopic (exact) mass is 492 g/mol. The van der Waals surface area contributed by atoms with Gasteiger partial charge in [-0.2, -0.15) is 0 Å². The molecule has 2 aromatic carbocycles. The van der Waals surface area contributed by atoms with Crippen LogP contribution in [0, 0.1) is 5.92 Å². The Bertz CT molecular complexity index is 1060. The topological polar surface area (TPSA) is 114 Å². The summed E-state index contributed by atoms with van der Waals surface area (Å²) in [5.41, 5.74) is 4.45. The first-order valence-corrected chi connectivity index (χ1v) is 12.3. The lowest BCUT2D eigenvalue weighted by Crippen LogP contribution is -2.44. The maximum Gasteiger partial charge on any atom is 0.407 e. The van der Waals surface area contributed by atoms with E-state index in [0.29, 0.717) is 6.42 Å². The van der Waals surface area contributed by atoms with E-state index >= 15 is 0 Å². The molecular weight excluding hydrogens is 460 g/mol. The number of alkyl carbamates (subject to hydrolysis) is 2. The molecule has 8 heteroatoms. The van der Waals surface area contributed by atoms with Gasteiger partial charge in [0.15, 0.2) is 0 Å². The van der Waals surface area contributed by atoms with E-state index in [1.807, 2.05) is 36.4 Å². The van der Waals surface area contributed by atoms with Crippen LogP contribution in [0.15, 0.2) is 61.2 Å². The average molecular weight is 493 g/mol. The van der Waals surface area contributed by atoms with Gasteiger partial charge in [-0.3, -0.25) is 0 Å². The fraction of sp³-hybridized carbons (Fsp3) is 0.393. The van der Waals surface area contributed by atoms with Gasteiger partial charge in [0.1, 0.15) is 19.3 Å². The molecule has 0 unspecified atom stereocenters. The number of nitrogens with one attached hydrogen (secondary N) is 2. The highest BCUT2D eigenvalue weighted by atomic mass is 16.6. The molecular formula is C28H32N2O6. The maximum absolute atomic E-state index is 12.6. The Morgan fingerprint density at radius 1 is 0.944 bits per heavy atom. The van der Waals surface area contributed by atoms with E-state index < -0.39 is 24.2 Å². The van der Waals surface area contributed by atoms with Crippen LogP contribution < -0.4 is 10.6 Å². The van der Waals surface area contributed by atoms with E-state index in [9.17, 15) is 19.5 Å². The van der Waals surface area contributed by atoms with Gasteiger partial charge in [-0.1, -0.05) is 61.2 Å². The summed E-state index contributed by atoms with van der Waals surface area (Å²) < 4.78 is 10.5. The summed E-state index contributed by atoms with van der Waals surface area (Å²) in [6, 6.07) is 15.1. The Balaban J connectivity index is 1.27. The molecule has 0 bridgehead atoms. The Kier molecular flexibility index (Phi) is 8.25. The number of ether oxygens (including phenoxy) is 2. The van der Waals surface area contributed by atoms with Crippen molar-refractivity contribution in [2.24, 2.45) is 5.92 Å². The van der Waals surface area contributed by atoms with Crippen LogP contribution in [0.3, 0.4) is 0 Å². The lowest BCUT2D eigenvalue weighted by atomic mass is 9.82. The SMILES string of the molecule is C=CCOC(=O)NC1CCC(C[C@@H](NC(=O)OCC2c3ccccc3-c3ccccc32)C(=O)O)CC1. The van der Waals surface area contributed by atoms with Crippen LogP contribution >= 0.6 is 0 Å². The third kappa shape index (κ3) is 6.05. The molecule has 1 atom stereocenters. The highest BCUT2D eigenvalue weighted by Gasteiger charge is 2.31. The van der Waals surface area contributed by atoms with Crippen LogP contribution in [0.5, 0.6) is 0 Å². The van der Waals surface area contributed by atoms with Gasteiger partial charge in [0.2, 0.25) is 0 Å². The normalized spacial score (nSPS) is 19.3. The number of rotatable bonds is 9. The number of carboxylic acids is 1. The van der Waals surface area contributed by atoms with Gasteiger partial charge in [0, 0.05) is 12.0 Å². The summed E-state index contributed by atoms with van der Waals surface area (Å²) >= 11 is 0. The number of carbonyl (C=O) groups is 3. The van der Waals surface area contributed by atoms with E-state index in [2.05, 4.69) is 29.3 Å². The van der Waals surface area contributed by atoms with Gasteiger partial charge >= 0.3 is 18.2 Å². The minimum Gasteiger partial charge on any atom is -0.480 e. The molecule has 2 aromatic rings. The molecule has 190 valence electrons. The fourth-order valence-electron chi connectivity index (χ4n) is 5.22. The highest BCUT2D eigenvalue weighted by Crippen LogP contribution is 2.44. The zero-order valence-electron chi connectivity index (χ0n) is 20.2. The van der Waals surface area contributed by atoms with Crippen LogP contribution in [0.4, 0.5) is 9.59 Å². The lowest BCUT2D eigenvalue weighted by Gasteiger charge is -2.30. The number of carbonyl (C=O) groups excluding carboxylic acids is 2. The largest absolute Gasteiger partial charge is 0.480 e. The average Bonchev–Trinajstić information content (AvgIpc) is 3.20. The van der Waals surface area contributed by atoms with Crippen molar-refractivity contribution in [3.8, 4) is 11.1 Å². The molecule has 3 N–H and O–H groups in total. The molecule has 0 aromatic heterocycles. The molecule has 0 radical (unpaired) electrons. The Labute approximate surface area is 210 Å². The number of benzene rings is 2. The molecule has 1 saturated carbocycles. The van der Waals surface area contributed by atoms with Crippen molar-refractivity contribution in [2.75, 3.05) is 13.2 Å². The molecule has 2 amide bonds. The first kappa shape index (κ1) is 25.3. The first-order chi connectivity index (χ1) is 17.5. The minimum atomic E-state index is -1.09. The van der Waals surface area contributed by atoms with Crippen molar-refractivity contribution in [1.29, 1.82) is 0 Å². The minimum absolute atomic E-state index is 0.00284. The van der Waals surface area contributed by atoms with Crippen LogP contribution in [-0.4, -0.2) is 48.6 Å². The van der Waals surface area contributed by atoms with E-state index in [4.69, 9.17) is 9.47 Å². The number of aliphatic carboxylic acids is 1. The molecule has 0 spiro atoms. The Morgan fingerprint density at radius 3 is 2.14 bits per heavy atom. The van der Waals surface area contributed by atoms with Crippen LogP contribution in [0.25, 0.3) is 11.1 Å². The number of hydrogen-bond donors (Lipinski definition) is 3. The van der Waals surface area contributed by atoms with Crippen LogP contribution in [0.2, 0.25) is 0 Å². The molecule has 1 fully saturated rings. The maximum atomic E-state index is 12.6. The van der Waals surface area contributed by atoms with Gasteiger partial charge in [-0.25, -0.2) is 14.4 Å². The van der Waals surface area contributed by atoms with Crippen molar-refractivity contribution in [1.82, 2.24) is 10.6 Å². The van der Waals surface area contributed by atoms with Gasteiger partial charge in [-0.05, 0) is 60.3 Å². The van der Waals surface area contributed by atoms with Gasteiger partial charge in [0.05, 0.1) is 0 Å². The molecule has 4 rings (SSSR count). The summed E-state index contributed by atoms with van der Waals surface area (Å²) in [6.07, 6.45) is 3.57. The molecule has 2 aliphatic rings. The third-order valence-corrected chi connectivity index (χ3v) is 7.00. The predicted molar refractivity (Wildman–Crippen MR) is 135 cm³/mol. The summed E-state index contributed by atoms with van der Waals surface area (Å²) in [5.74, 6) is -1.05. The van der Waals surface area contributed by atoms with Gasteiger partial charge in [-0.15, -0.1) is 0 Å². The van der Waals surface area contributed by atoms with Crippen LogP contribution in [0.1, 0.15) is 49.1 Å². The number of fused-ring (bicyclic) bond motifs is 3. The summed E-state index contributed by atoms with van der Waals surface area (Å²) in [4.78, 5) is 36.1. The van der Waals surface area contributed by atoms with E-state index in [1.54, 1.807) is 0 Å². The van der Waals surface area contributed by atoms with Gasteiger partial charge in [0.25, 0.3) is 0 Å². The zero-order chi connectivity index (χ0) is 25.5. The standard InChI is InChI=1S/C28H32N2O6/c1-2-15-35-27(33)29-19-13-11-18(12-14-19)16-25(26(31)32)30-28(34)36-17-24-22-9-5-3-7-20(22)21-8-4-6-10-23(21)24/h2-10,18-19,24-25H,1,11-17H2,(H,29,33)(H,30,34)(H,31,32)/t18?,19?,25-/m1/s1. The predicted octanol–water partition coefficient (Wildman–Crippen LogP) is 4.84. The van der Waals surface area contributed by atoms with Gasteiger partial charge < -0.3 is 25.2 Å². The second kappa shape index (κ2) is 11.7. The van der Waals surface area contributed by atoms with Crippen molar-refractivity contribution >= 4 is 18.2 Å². The smallest absolute Gasteiger partial charge is 0.407 e. The zero-order valence-corrected chi connectivity index (χ0v) is 20.2. The molecule has 0 heterocycles.